The van der Waals surface area contributed by atoms with Gasteiger partial charge in [-0.15, -0.1) is 0 Å². The number of nitrogens with zero attached hydrogens (tertiary/aromatic N) is 2. The van der Waals surface area contributed by atoms with E-state index < -0.39 is 10.0 Å². The number of carbonyl (C=O) groups excluding carboxylic acids is 1. The van der Waals surface area contributed by atoms with Crippen molar-refractivity contribution < 1.29 is 22.7 Å². The number of benzene rings is 1. The van der Waals surface area contributed by atoms with E-state index in [1.807, 2.05) is 45.0 Å². The summed E-state index contributed by atoms with van der Waals surface area (Å²) in [7, 11) is -2.03. The fraction of sp³-hybridized carbons (Fsp3) is 0.458. The molecule has 1 amide bonds. The molecule has 1 fully saturated rings. The van der Waals surface area contributed by atoms with Gasteiger partial charge in [-0.2, -0.15) is 4.31 Å². The number of piperidine rings is 1. The number of methoxy groups -OCH3 is 1. The third kappa shape index (κ3) is 4.91. The maximum atomic E-state index is 13.1. The van der Waals surface area contributed by atoms with Crippen LogP contribution in [0.25, 0.3) is 0 Å². The van der Waals surface area contributed by atoms with Crippen LogP contribution in [0.15, 0.2) is 53.2 Å². The maximum Gasteiger partial charge on any atom is 0.414 e. The molecule has 0 bridgehead atoms. The Kier molecular flexibility index (Phi) is 7.79. The van der Waals surface area contributed by atoms with Crippen molar-refractivity contribution in [3.8, 4) is 0 Å². The number of fused-ring (bicyclic) bond motifs is 1. The molecule has 0 N–H and O–H groups in total. The second-order valence-electron chi connectivity index (χ2n) is 7.68. The van der Waals surface area contributed by atoms with Gasteiger partial charge in [-0.3, -0.25) is 4.90 Å². The zero-order valence-electron chi connectivity index (χ0n) is 19.2. The quantitative estimate of drug-likeness (QED) is 0.654. The summed E-state index contributed by atoms with van der Waals surface area (Å²) >= 11 is 0. The Morgan fingerprint density at radius 2 is 1.81 bits per heavy atom. The average Bonchev–Trinajstić information content (AvgIpc) is 3.07. The number of carbonyl (C=O) groups is 1. The van der Waals surface area contributed by atoms with Crippen LogP contribution in [0.1, 0.15) is 44.2 Å². The van der Waals surface area contributed by atoms with Crippen molar-refractivity contribution in [3.05, 3.63) is 64.3 Å². The van der Waals surface area contributed by atoms with E-state index in [1.54, 1.807) is 30.2 Å². The Bertz CT molecular complexity index is 1030. The number of amides is 1. The highest BCUT2D eigenvalue weighted by Gasteiger charge is 2.37. The van der Waals surface area contributed by atoms with Gasteiger partial charge >= 0.3 is 6.09 Å². The molecule has 1 aliphatic carbocycles. The smallest absolute Gasteiger partial charge is 0.414 e. The molecule has 0 aromatic heterocycles. The van der Waals surface area contributed by atoms with Crippen molar-refractivity contribution in [1.29, 1.82) is 0 Å². The lowest BCUT2D eigenvalue weighted by atomic mass is 10.0. The van der Waals surface area contributed by atoms with E-state index in [4.69, 9.17) is 9.47 Å². The van der Waals surface area contributed by atoms with Crippen LogP contribution in [-0.4, -0.2) is 45.1 Å². The Morgan fingerprint density at radius 1 is 1.09 bits per heavy atom. The zero-order chi connectivity index (χ0) is 23.3. The molecule has 0 unspecified atom stereocenters. The van der Waals surface area contributed by atoms with Crippen LogP contribution in [0.2, 0.25) is 0 Å². The number of hydrogen-bond donors (Lipinski definition) is 0. The first-order chi connectivity index (χ1) is 15.4. The molecule has 7 nitrogen and oxygen atoms in total. The lowest BCUT2D eigenvalue weighted by Crippen LogP contribution is -2.50. The Morgan fingerprint density at radius 3 is 2.50 bits per heavy atom. The largest absolute Gasteiger partial charge is 0.497 e. The molecule has 2 heterocycles. The van der Waals surface area contributed by atoms with Gasteiger partial charge in [-0.05, 0) is 50.5 Å². The summed E-state index contributed by atoms with van der Waals surface area (Å²) in [5.74, 6) is 0.646. The van der Waals surface area contributed by atoms with Crippen LogP contribution in [0, 0.1) is 6.92 Å². The minimum atomic E-state index is -3.59. The number of cyclic esters (lactones) is 1. The Hall–Kier alpha value is -2.58. The van der Waals surface area contributed by atoms with Gasteiger partial charge in [0.1, 0.15) is 12.4 Å². The molecule has 3 aliphatic rings. The van der Waals surface area contributed by atoms with E-state index in [2.05, 4.69) is 0 Å². The van der Waals surface area contributed by atoms with Crippen LogP contribution in [0.4, 0.5) is 10.5 Å². The SMILES string of the molecule is CC.COC1=CCC=C(S(=O)(=O)N2CCC(N3C(=O)OCc4cc(C)ccc43)CC2)C=C1. The second-order valence-corrected chi connectivity index (χ2v) is 9.62. The van der Waals surface area contributed by atoms with Crippen LogP contribution < -0.4 is 4.90 Å². The standard InChI is InChI=1S/C22H26N2O5S.C2H6/c1-16-6-9-21-17(14-16)15-29-22(25)24(21)18-10-12-23(13-11-18)30(26,27)20-5-3-4-19(28-2)7-8-20;1-2/h4-9,14,18H,3,10-13,15H2,1-2H3;1-2H3. The van der Waals surface area contributed by atoms with E-state index in [1.165, 1.54) is 4.31 Å². The number of sulfonamides is 1. The average molecular weight is 461 g/mol. The summed E-state index contributed by atoms with van der Waals surface area (Å²) in [6.45, 7) is 6.99. The van der Waals surface area contributed by atoms with Gasteiger partial charge in [0.25, 0.3) is 0 Å². The first-order valence-electron chi connectivity index (χ1n) is 11.1. The molecule has 0 atom stereocenters. The first-order valence-corrected chi connectivity index (χ1v) is 12.5. The summed E-state index contributed by atoms with van der Waals surface area (Å²) in [5.41, 5.74) is 2.97. The van der Waals surface area contributed by atoms with Crippen molar-refractivity contribution in [2.24, 2.45) is 0 Å². The van der Waals surface area contributed by atoms with Gasteiger partial charge in [0.15, 0.2) is 0 Å². The summed E-state index contributed by atoms with van der Waals surface area (Å²) < 4.78 is 38.3. The van der Waals surface area contributed by atoms with Crippen molar-refractivity contribution in [2.75, 3.05) is 25.1 Å². The zero-order valence-corrected chi connectivity index (χ0v) is 20.0. The van der Waals surface area contributed by atoms with E-state index in [0.29, 0.717) is 38.1 Å². The molecule has 0 spiro atoms. The fourth-order valence-electron chi connectivity index (χ4n) is 4.14. The molecule has 1 saturated heterocycles. The van der Waals surface area contributed by atoms with Crippen molar-refractivity contribution in [2.45, 2.75) is 52.7 Å². The van der Waals surface area contributed by atoms with Crippen LogP contribution in [0.5, 0.6) is 0 Å². The summed E-state index contributed by atoms with van der Waals surface area (Å²) in [6.07, 6.45) is 8.05. The molecule has 4 rings (SSSR count). The minimum Gasteiger partial charge on any atom is -0.497 e. The first kappa shape index (κ1) is 24.1. The van der Waals surface area contributed by atoms with Crippen LogP contribution in [-0.2, 0) is 26.1 Å². The molecule has 32 heavy (non-hydrogen) atoms. The molecule has 0 radical (unpaired) electrons. The molecular weight excluding hydrogens is 428 g/mol. The normalized spacial score (nSPS) is 19.6. The fourth-order valence-corrected chi connectivity index (χ4v) is 5.68. The Balaban J connectivity index is 0.00000141. The highest BCUT2D eigenvalue weighted by Crippen LogP contribution is 2.33. The predicted octanol–water partition coefficient (Wildman–Crippen LogP) is 4.65. The summed E-state index contributed by atoms with van der Waals surface area (Å²) in [6, 6.07) is 5.88. The maximum absolute atomic E-state index is 13.1. The topological polar surface area (TPSA) is 76.2 Å². The van der Waals surface area contributed by atoms with E-state index in [-0.39, 0.29) is 23.6 Å². The number of allylic oxidation sites excluding steroid dienone is 4. The molecule has 0 saturated carbocycles. The van der Waals surface area contributed by atoms with E-state index in [9.17, 15) is 13.2 Å². The summed E-state index contributed by atoms with van der Waals surface area (Å²) in [4.78, 5) is 14.5. The van der Waals surface area contributed by atoms with Crippen LogP contribution in [0.3, 0.4) is 0 Å². The molecular formula is C24H32N2O5S. The highest BCUT2D eigenvalue weighted by atomic mass is 32.2. The molecule has 2 aliphatic heterocycles. The molecule has 1 aromatic carbocycles. The summed E-state index contributed by atoms with van der Waals surface area (Å²) in [5, 5.41) is 0. The monoisotopic (exact) mass is 460 g/mol. The number of rotatable bonds is 4. The van der Waals surface area contributed by atoms with Crippen molar-refractivity contribution >= 4 is 21.8 Å². The van der Waals surface area contributed by atoms with Gasteiger partial charge in [0.2, 0.25) is 10.0 Å². The number of aryl methyl sites for hydroxylation is 1. The number of anilines is 1. The number of ether oxygens (including phenoxy) is 2. The van der Waals surface area contributed by atoms with E-state index >= 15 is 0 Å². The van der Waals surface area contributed by atoms with Gasteiger partial charge in [-0.25, -0.2) is 13.2 Å². The third-order valence-corrected chi connectivity index (χ3v) is 7.70. The third-order valence-electron chi connectivity index (χ3n) is 5.75. The highest BCUT2D eigenvalue weighted by molar-refractivity contribution is 7.93. The minimum absolute atomic E-state index is 0.0916. The lowest BCUT2D eigenvalue weighted by Gasteiger charge is -2.40. The van der Waals surface area contributed by atoms with Crippen molar-refractivity contribution in [1.82, 2.24) is 4.31 Å². The van der Waals surface area contributed by atoms with Crippen molar-refractivity contribution in [3.63, 3.8) is 0 Å². The molecule has 8 heteroatoms. The van der Waals surface area contributed by atoms with Gasteiger partial charge in [-0.1, -0.05) is 37.6 Å². The van der Waals surface area contributed by atoms with Gasteiger partial charge in [0, 0.05) is 24.7 Å². The molecule has 1 aromatic rings. The van der Waals surface area contributed by atoms with Gasteiger partial charge < -0.3 is 9.47 Å². The number of hydrogen-bond acceptors (Lipinski definition) is 5. The second kappa shape index (κ2) is 10.4. The van der Waals surface area contributed by atoms with Crippen LogP contribution >= 0.6 is 0 Å². The predicted molar refractivity (Wildman–Crippen MR) is 126 cm³/mol. The Labute approximate surface area is 191 Å². The van der Waals surface area contributed by atoms with E-state index in [0.717, 1.165) is 16.8 Å². The lowest BCUT2D eigenvalue weighted by molar-refractivity contribution is 0.136. The molecule has 174 valence electrons. The van der Waals surface area contributed by atoms with Gasteiger partial charge in [0.05, 0.1) is 17.7 Å².